The van der Waals surface area contributed by atoms with Gasteiger partial charge in [0.05, 0.1) is 5.56 Å². The van der Waals surface area contributed by atoms with E-state index in [2.05, 4.69) is 12.6 Å². The van der Waals surface area contributed by atoms with Crippen LogP contribution in [-0.2, 0) is 4.79 Å². The second-order valence-electron chi connectivity index (χ2n) is 4.77. The van der Waals surface area contributed by atoms with Crippen LogP contribution in [0.25, 0.3) is 0 Å². The highest BCUT2D eigenvalue weighted by Gasteiger charge is 2.31. The van der Waals surface area contributed by atoms with Crippen molar-refractivity contribution in [1.29, 1.82) is 0 Å². The standard InChI is InChI=1S/C13H16N2O3S/c1-7-10(14)3-9(13(17)18)4-11(7)15-5-8(6-19)2-12(15)16/h3-4,8,19H,2,5-6,14H2,1H3,(H,17,18). The van der Waals surface area contributed by atoms with E-state index in [1.807, 2.05) is 0 Å². The normalized spacial score (nSPS) is 18.9. The molecule has 1 heterocycles. The van der Waals surface area contributed by atoms with E-state index in [9.17, 15) is 9.59 Å². The average molecular weight is 280 g/mol. The molecule has 1 amide bonds. The van der Waals surface area contributed by atoms with Gasteiger partial charge in [0.15, 0.2) is 0 Å². The number of carbonyl (C=O) groups is 2. The van der Waals surface area contributed by atoms with Crippen molar-refractivity contribution in [3.63, 3.8) is 0 Å². The minimum atomic E-state index is -1.05. The third kappa shape index (κ3) is 2.53. The summed E-state index contributed by atoms with van der Waals surface area (Å²) in [6.07, 6.45) is 0.445. The minimum Gasteiger partial charge on any atom is -0.478 e. The van der Waals surface area contributed by atoms with Gasteiger partial charge in [-0.15, -0.1) is 0 Å². The summed E-state index contributed by atoms with van der Waals surface area (Å²) in [7, 11) is 0. The Hall–Kier alpha value is -1.69. The van der Waals surface area contributed by atoms with Gasteiger partial charge < -0.3 is 15.7 Å². The van der Waals surface area contributed by atoms with Gasteiger partial charge in [-0.25, -0.2) is 4.79 Å². The molecule has 5 nitrogen and oxygen atoms in total. The Labute approximate surface area is 116 Å². The number of benzene rings is 1. The van der Waals surface area contributed by atoms with Crippen LogP contribution in [0.5, 0.6) is 0 Å². The molecular weight excluding hydrogens is 264 g/mol. The molecule has 0 radical (unpaired) electrons. The van der Waals surface area contributed by atoms with Crippen molar-refractivity contribution in [2.45, 2.75) is 13.3 Å². The van der Waals surface area contributed by atoms with Crippen LogP contribution in [0.4, 0.5) is 11.4 Å². The van der Waals surface area contributed by atoms with E-state index in [0.29, 0.717) is 30.1 Å². The van der Waals surface area contributed by atoms with Crippen molar-refractivity contribution in [1.82, 2.24) is 0 Å². The number of carboxylic acid groups (broad SMARTS) is 1. The number of nitrogens with two attached hydrogens (primary N) is 1. The number of carboxylic acids is 1. The maximum absolute atomic E-state index is 12.0. The van der Waals surface area contributed by atoms with E-state index in [-0.39, 0.29) is 17.4 Å². The van der Waals surface area contributed by atoms with Gasteiger partial charge in [0, 0.05) is 24.3 Å². The summed E-state index contributed by atoms with van der Waals surface area (Å²) in [5.74, 6) is -0.227. The Balaban J connectivity index is 2.44. The van der Waals surface area contributed by atoms with E-state index >= 15 is 0 Å². The fraction of sp³-hybridized carbons (Fsp3) is 0.385. The third-order valence-electron chi connectivity index (χ3n) is 3.42. The van der Waals surface area contributed by atoms with E-state index in [0.717, 1.165) is 5.56 Å². The first-order valence-electron chi connectivity index (χ1n) is 5.98. The quantitative estimate of drug-likeness (QED) is 0.579. The summed E-state index contributed by atoms with van der Waals surface area (Å²) in [6.45, 7) is 2.35. The molecule has 0 bridgehead atoms. The van der Waals surface area contributed by atoms with Gasteiger partial charge in [-0.05, 0) is 36.3 Å². The zero-order chi connectivity index (χ0) is 14.2. The second kappa shape index (κ2) is 5.13. The fourth-order valence-electron chi connectivity index (χ4n) is 2.26. The molecule has 19 heavy (non-hydrogen) atoms. The molecule has 1 aromatic carbocycles. The molecule has 1 aromatic rings. The minimum absolute atomic E-state index is 0.0101. The Morgan fingerprint density at radius 3 is 2.79 bits per heavy atom. The van der Waals surface area contributed by atoms with Crippen molar-refractivity contribution < 1.29 is 14.7 Å². The number of anilines is 2. The van der Waals surface area contributed by atoms with Crippen molar-refractivity contribution in [2.75, 3.05) is 22.9 Å². The highest BCUT2D eigenvalue weighted by molar-refractivity contribution is 7.80. The molecule has 1 aliphatic heterocycles. The maximum atomic E-state index is 12.0. The van der Waals surface area contributed by atoms with E-state index in [4.69, 9.17) is 10.8 Å². The molecule has 102 valence electrons. The molecule has 2 rings (SSSR count). The smallest absolute Gasteiger partial charge is 0.335 e. The predicted octanol–water partition coefficient (Wildman–Crippen LogP) is 1.56. The Morgan fingerprint density at radius 1 is 1.58 bits per heavy atom. The lowest BCUT2D eigenvalue weighted by Crippen LogP contribution is -2.26. The van der Waals surface area contributed by atoms with Crippen LogP contribution in [0, 0.1) is 12.8 Å². The van der Waals surface area contributed by atoms with Gasteiger partial charge in [0.25, 0.3) is 0 Å². The fourth-order valence-corrected chi connectivity index (χ4v) is 2.51. The molecule has 1 atom stereocenters. The van der Waals surface area contributed by atoms with E-state index in [1.165, 1.54) is 12.1 Å². The molecule has 0 aliphatic carbocycles. The summed E-state index contributed by atoms with van der Waals surface area (Å²) in [5, 5.41) is 9.06. The van der Waals surface area contributed by atoms with Crippen molar-refractivity contribution >= 4 is 35.9 Å². The van der Waals surface area contributed by atoms with Gasteiger partial charge in [0.1, 0.15) is 0 Å². The Bertz CT molecular complexity index is 545. The van der Waals surface area contributed by atoms with E-state index < -0.39 is 5.97 Å². The number of aromatic carboxylic acids is 1. The van der Waals surface area contributed by atoms with Crippen LogP contribution in [-0.4, -0.2) is 29.3 Å². The predicted molar refractivity (Wildman–Crippen MR) is 76.9 cm³/mol. The first kappa shape index (κ1) is 13.7. The third-order valence-corrected chi connectivity index (χ3v) is 3.94. The van der Waals surface area contributed by atoms with E-state index in [1.54, 1.807) is 11.8 Å². The second-order valence-corrected chi connectivity index (χ2v) is 5.14. The number of hydrogen-bond acceptors (Lipinski definition) is 4. The van der Waals surface area contributed by atoms with Crippen LogP contribution in [0.1, 0.15) is 22.3 Å². The monoisotopic (exact) mass is 280 g/mol. The van der Waals surface area contributed by atoms with Gasteiger partial charge in [-0.1, -0.05) is 0 Å². The van der Waals surface area contributed by atoms with Crippen molar-refractivity contribution in [3.05, 3.63) is 23.3 Å². The zero-order valence-electron chi connectivity index (χ0n) is 10.6. The molecule has 0 saturated carbocycles. The van der Waals surface area contributed by atoms with Crippen molar-refractivity contribution in [3.8, 4) is 0 Å². The van der Waals surface area contributed by atoms with Gasteiger partial charge in [-0.2, -0.15) is 12.6 Å². The lowest BCUT2D eigenvalue weighted by Gasteiger charge is -2.20. The van der Waals surface area contributed by atoms with Crippen molar-refractivity contribution in [2.24, 2.45) is 5.92 Å². The topological polar surface area (TPSA) is 83.6 Å². The highest BCUT2D eigenvalue weighted by atomic mass is 32.1. The number of carbonyl (C=O) groups excluding carboxylic acids is 1. The molecule has 1 aliphatic rings. The van der Waals surface area contributed by atoms with Crippen LogP contribution in [0.15, 0.2) is 12.1 Å². The summed E-state index contributed by atoms with van der Waals surface area (Å²) in [6, 6.07) is 2.92. The molecule has 1 unspecified atom stereocenters. The molecule has 3 N–H and O–H groups in total. The van der Waals surface area contributed by atoms with Crippen LogP contribution in [0.2, 0.25) is 0 Å². The van der Waals surface area contributed by atoms with Gasteiger partial charge >= 0.3 is 5.97 Å². The lowest BCUT2D eigenvalue weighted by atomic mass is 10.1. The molecular formula is C13H16N2O3S. The highest BCUT2D eigenvalue weighted by Crippen LogP contribution is 2.32. The number of nitrogen functional groups attached to an aromatic ring is 1. The zero-order valence-corrected chi connectivity index (χ0v) is 11.5. The lowest BCUT2D eigenvalue weighted by molar-refractivity contribution is -0.117. The SMILES string of the molecule is Cc1c(N)cc(C(=O)O)cc1N1CC(CS)CC1=O. The maximum Gasteiger partial charge on any atom is 0.335 e. The van der Waals surface area contributed by atoms with Crippen LogP contribution < -0.4 is 10.6 Å². The average Bonchev–Trinajstić information content (AvgIpc) is 2.73. The molecule has 0 spiro atoms. The first-order valence-corrected chi connectivity index (χ1v) is 6.62. The molecule has 0 aromatic heterocycles. The number of amides is 1. The number of nitrogens with zero attached hydrogens (tertiary/aromatic N) is 1. The summed E-state index contributed by atoms with van der Waals surface area (Å²) < 4.78 is 0. The molecule has 6 heteroatoms. The number of rotatable bonds is 3. The first-order chi connectivity index (χ1) is 8.93. The Kier molecular flexibility index (Phi) is 3.71. The Morgan fingerprint density at radius 2 is 2.26 bits per heavy atom. The molecule has 1 fully saturated rings. The summed E-state index contributed by atoms with van der Waals surface area (Å²) in [5.41, 5.74) is 7.63. The van der Waals surface area contributed by atoms with Gasteiger partial charge in [-0.3, -0.25) is 4.79 Å². The molecule has 1 saturated heterocycles. The largest absolute Gasteiger partial charge is 0.478 e. The van der Waals surface area contributed by atoms with Gasteiger partial charge in [0.2, 0.25) is 5.91 Å². The number of hydrogen-bond donors (Lipinski definition) is 3. The van der Waals surface area contributed by atoms with Crippen LogP contribution >= 0.6 is 12.6 Å². The number of thiol groups is 1. The summed E-state index contributed by atoms with van der Waals surface area (Å²) in [4.78, 5) is 24.7. The van der Waals surface area contributed by atoms with Crippen LogP contribution in [0.3, 0.4) is 0 Å². The summed E-state index contributed by atoms with van der Waals surface area (Å²) >= 11 is 4.21.